The van der Waals surface area contributed by atoms with Crippen molar-refractivity contribution < 1.29 is 17.9 Å². The minimum atomic E-state index is -3.90. The normalized spacial score (nSPS) is 17.0. The number of hydrogen-bond donors (Lipinski definition) is 1. The van der Waals surface area contributed by atoms with Crippen LogP contribution < -0.4 is 0 Å². The van der Waals surface area contributed by atoms with E-state index in [1.54, 1.807) is 0 Å². The second-order valence-corrected chi connectivity index (χ2v) is 7.12. The molecule has 0 aromatic heterocycles. The van der Waals surface area contributed by atoms with Gasteiger partial charge in [0, 0.05) is 12.6 Å². The molecule has 7 heteroatoms. The van der Waals surface area contributed by atoms with E-state index in [1.165, 1.54) is 10.4 Å². The molecular formula is C13H17ClFNO3S. The number of hydrogen-bond acceptors (Lipinski definition) is 3. The molecule has 1 aromatic rings. The lowest BCUT2D eigenvalue weighted by atomic mass is 10.2. The Bertz CT molecular complexity index is 573. The third kappa shape index (κ3) is 3.14. The van der Waals surface area contributed by atoms with Crippen molar-refractivity contribution >= 4 is 21.6 Å². The summed E-state index contributed by atoms with van der Waals surface area (Å²) in [6, 6.07) is 3.13. The first-order valence-corrected chi connectivity index (χ1v) is 8.36. The first-order chi connectivity index (χ1) is 9.46. The Hall–Kier alpha value is -0.690. The van der Waals surface area contributed by atoms with Gasteiger partial charge in [0.25, 0.3) is 0 Å². The smallest absolute Gasteiger partial charge is 0.244 e. The first kappa shape index (κ1) is 15.7. The Morgan fingerprint density at radius 1 is 1.35 bits per heavy atom. The molecule has 0 amide bonds. The van der Waals surface area contributed by atoms with Crippen molar-refractivity contribution in [1.29, 1.82) is 0 Å². The average molecular weight is 322 g/mol. The van der Waals surface area contributed by atoms with Gasteiger partial charge in [-0.1, -0.05) is 24.4 Å². The molecule has 0 radical (unpaired) electrons. The van der Waals surface area contributed by atoms with Gasteiger partial charge in [-0.25, -0.2) is 12.8 Å². The number of aliphatic hydroxyl groups excluding tert-OH is 1. The maximum absolute atomic E-state index is 13.3. The van der Waals surface area contributed by atoms with Crippen LogP contribution in [0, 0.1) is 5.82 Å². The highest BCUT2D eigenvalue weighted by molar-refractivity contribution is 7.89. The van der Waals surface area contributed by atoms with E-state index in [2.05, 4.69) is 0 Å². The van der Waals surface area contributed by atoms with Crippen LogP contribution in [0.5, 0.6) is 0 Å². The summed E-state index contributed by atoms with van der Waals surface area (Å²) in [4.78, 5) is -0.237. The van der Waals surface area contributed by atoms with Gasteiger partial charge in [0.05, 0.1) is 11.6 Å². The predicted octanol–water partition coefficient (Wildman–Crippen LogP) is 2.40. The summed E-state index contributed by atoms with van der Waals surface area (Å²) in [6.45, 7) is -0.275. The summed E-state index contributed by atoms with van der Waals surface area (Å²) in [7, 11) is -3.90. The van der Waals surface area contributed by atoms with E-state index in [0.29, 0.717) is 0 Å². The molecule has 0 unspecified atom stereocenters. The molecule has 1 aromatic carbocycles. The van der Waals surface area contributed by atoms with Crippen LogP contribution >= 0.6 is 11.6 Å². The summed E-state index contributed by atoms with van der Waals surface area (Å²) < 4.78 is 39.9. The highest BCUT2D eigenvalue weighted by atomic mass is 35.5. The summed E-state index contributed by atoms with van der Waals surface area (Å²) in [5.41, 5.74) is 0. The quantitative estimate of drug-likeness (QED) is 0.906. The molecule has 0 spiro atoms. The van der Waals surface area contributed by atoms with Crippen molar-refractivity contribution in [2.45, 2.75) is 36.6 Å². The summed E-state index contributed by atoms with van der Waals surface area (Å²) in [5, 5.41) is 9.11. The summed E-state index contributed by atoms with van der Waals surface area (Å²) in [6.07, 6.45) is 3.43. The van der Waals surface area contributed by atoms with Crippen molar-refractivity contribution in [2.24, 2.45) is 0 Å². The molecule has 0 heterocycles. The fourth-order valence-electron chi connectivity index (χ4n) is 2.59. The SMILES string of the molecule is O=S(=O)(c1cc(F)ccc1Cl)N(CCO)C1CCCC1. The Morgan fingerprint density at radius 3 is 2.60 bits per heavy atom. The highest BCUT2D eigenvalue weighted by Gasteiger charge is 2.34. The third-order valence-corrected chi connectivity index (χ3v) is 5.97. The fourth-order valence-corrected chi connectivity index (χ4v) is 4.76. The van der Waals surface area contributed by atoms with E-state index in [9.17, 15) is 12.8 Å². The van der Waals surface area contributed by atoms with Gasteiger partial charge in [0.1, 0.15) is 10.7 Å². The van der Waals surface area contributed by atoms with E-state index >= 15 is 0 Å². The molecule has 0 atom stereocenters. The second kappa shape index (κ2) is 6.39. The molecule has 1 N–H and O–H groups in total. The Labute approximate surface area is 123 Å². The number of benzene rings is 1. The lowest BCUT2D eigenvalue weighted by molar-refractivity contribution is 0.226. The van der Waals surface area contributed by atoms with Crippen molar-refractivity contribution in [3.63, 3.8) is 0 Å². The molecule has 20 heavy (non-hydrogen) atoms. The van der Waals surface area contributed by atoms with Crippen LogP contribution in [-0.2, 0) is 10.0 Å². The van der Waals surface area contributed by atoms with E-state index in [1.807, 2.05) is 0 Å². The van der Waals surface area contributed by atoms with Gasteiger partial charge in [0.2, 0.25) is 10.0 Å². The molecular weight excluding hydrogens is 305 g/mol. The average Bonchev–Trinajstić information content (AvgIpc) is 2.92. The van der Waals surface area contributed by atoms with Gasteiger partial charge in [-0.3, -0.25) is 0 Å². The van der Waals surface area contributed by atoms with Crippen molar-refractivity contribution in [2.75, 3.05) is 13.2 Å². The number of halogens is 2. The van der Waals surface area contributed by atoms with Gasteiger partial charge in [-0.15, -0.1) is 0 Å². The number of rotatable bonds is 5. The largest absolute Gasteiger partial charge is 0.395 e. The molecule has 2 rings (SSSR count). The van der Waals surface area contributed by atoms with Crippen molar-refractivity contribution in [3.8, 4) is 0 Å². The van der Waals surface area contributed by atoms with Gasteiger partial charge in [-0.05, 0) is 31.0 Å². The van der Waals surface area contributed by atoms with Crippen LogP contribution in [0.4, 0.5) is 4.39 Å². The standard InChI is InChI=1S/C13H17ClFNO3S/c14-12-6-5-10(15)9-13(12)20(18,19)16(7-8-17)11-3-1-2-4-11/h5-6,9,11,17H,1-4,7-8H2. The van der Waals surface area contributed by atoms with Crippen LogP contribution in [0.3, 0.4) is 0 Å². The molecule has 112 valence electrons. The van der Waals surface area contributed by atoms with Crippen LogP contribution in [0.2, 0.25) is 5.02 Å². The number of sulfonamides is 1. The number of aliphatic hydroxyl groups is 1. The molecule has 0 bridgehead atoms. The van der Waals surface area contributed by atoms with Crippen molar-refractivity contribution in [1.82, 2.24) is 4.31 Å². The number of nitrogens with zero attached hydrogens (tertiary/aromatic N) is 1. The maximum Gasteiger partial charge on any atom is 0.244 e. The van der Waals surface area contributed by atoms with Gasteiger partial charge in [0.15, 0.2) is 0 Å². The molecule has 1 aliphatic carbocycles. The molecule has 1 fully saturated rings. The van der Waals surface area contributed by atoms with E-state index in [4.69, 9.17) is 16.7 Å². The van der Waals surface area contributed by atoms with Gasteiger partial charge < -0.3 is 5.11 Å². The molecule has 4 nitrogen and oxygen atoms in total. The highest BCUT2D eigenvalue weighted by Crippen LogP contribution is 2.31. The minimum absolute atomic E-state index is 0.000157. The lowest BCUT2D eigenvalue weighted by Crippen LogP contribution is -2.40. The zero-order valence-corrected chi connectivity index (χ0v) is 12.5. The molecule has 0 saturated heterocycles. The van der Waals surface area contributed by atoms with Crippen LogP contribution in [0.15, 0.2) is 23.1 Å². The molecule has 1 saturated carbocycles. The second-order valence-electron chi connectivity index (χ2n) is 4.85. The summed E-state index contributed by atoms with van der Waals surface area (Å²) in [5.74, 6) is -0.650. The van der Waals surface area contributed by atoms with E-state index in [-0.39, 0.29) is 29.1 Å². The van der Waals surface area contributed by atoms with Crippen LogP contribution in [0.25, 0.3) is 0 Å². The van der Waals surface area contributed by atoms with Crippen LogP contribution in [0.1, 0.15) is 25.7 Å². The van der Waals surface area contributed by atoms with E-state index < -0.39 is 15.8 Å². The summed E-state index contributed by atoms with van der Waals surface area (Å²) >= 11 is 5.90. The monoisotopic (exact) mass is 321 g/mol. The lowest BCUT2D eigenvalue weighted by Gasteiger charge is -2.27. The zero-order chi connectivity index (χ0) is 14.8. The first-order valence-electron chi connectivity index (χ1n) is 6.54. The topological polar surface area (TPSA) is 57.6 Å². The fraction of sp³-hybridized carbons (Fsp3) is 0.538. The van der Waals surface area contributed by atoms with Gasteiger partial charge >= 0.3 is 0 Å². The third-order valence-electron chi connectivity index (χ3n) is 3.53. The molecule has 1 aliphatic rings. The van der Waals surface area contributed by atoms with Crippen molar-refractivity contribution in [3.05, 3.63) is 29.0 Å². The van der Waals surface area contributed by atoms with E-state index in [0.717, 1.165) is 37.8 Å². The van der Waals surface area contributed by atoms with Crippen LogP contribution in [-0.4, -0.2) is 37.0 Å². The molecule has 0 aliphatic heterocycles. The zero-order valence-electron chi connectivity index (χ0n) is 10.9. The Kier molecular flexibility index (Phi) is 5.01. The Balaban J connectivity index is 2.41. The maximum atomic E-state index is 13.3. The van der Waals surface area contributed by atoms with Gasteiger partial charge in [-0.2, -0.15) is 4.31 Å². The predicted molar refractivity (Wildman–Crippen MR) is 74.6 cm³/mol. The minimum Gasteiger partial charge on any atom is -0.395 e. The Morgan fingerprint density at radius 2 is 2.00 bits per heavy atom.